The molecule has 2 aromatic rings. The summed E-state index contributed by atoms with van der Waals surface area (Å²) in [7, 11) is 0. The summed E-state index contributed by atoms with van der Waals surface area (Å²) < 4.78 is 14.7. The van der Waals surface area contributed by atoms with Crippen LogP contribution in [0.1, 0.15) is 25.3 Å². The zero-order valence-corrected chi connectivity index (χ0v) is 12.2. The number of halogens is 1. The van der Waals surface area contributed by atoms with Gasteiger partial charge in [0.05, 0.1) is 12.2 Å². The Bertz CT molecular complexity index is 686. The molecule has 1 aliphatic heterocycles. The van der Waals surface area contributed by atoms with Crippen LogP contribution in [-0.4, -0.2) is 38.9 Å². The van der Waals surface area contributed by atoms with Gasteiger partial charge in [0.25, 0.3) is 0 Å². The van der Waals surface area contributed by atoms with E-state index in [1.165, 1.54) is 25.0 Å². The van der Waals surface area contributed by atoms with E-state index in [2.05, 4.69) is 10.3 Å². The van der Waals surface area contributed by atoms with E-state index in [9.17, 15) is 9.18 Å². The Kier molecular flexibility index (Phi) is 3.17. The van der Waals surface area contributed by atoms with Gasteiger partial charge in [-0.05, 0) is 43.0 Å². The third-order valence-corrected chi connectivity index (χ3v) is 4.40. The smallest absolute Gasteiger partial charge is 0.222 e. The maximum atomic E-state index is 12.9. The van der Waals surface area contributed by atoms with Crippen LogP contribution in [0.5, 0.6) is 0 Å². The van der Waals surface area contributed by atoms with Crippen molar-refractivity contribution in [3.8, 4) is 11.3 Å². The van der Waals surface area contributed by atoms with Crippen LogP contribution in [-0.2, 0) is 4.79 Å². The first kappa shape index (κ1) is 13.4. The maximum Gasteiger partial charge on any atom is 0.222 e. The van der Waals surface area contributed by atoms with Crippen LogP contribution < -0.4 is 0 Å². The molecule has 2 aliphatic rings. The predicted octanol–water partition coefficient (Wildman–Crippen LogP) is 2.27. The van der Waals surface area contributed by atoms with Crippen LogP contribution in [0.3, 0.4) is 0 Å². The summed E-state index contributed by atoms with van der Waals surface area (Å²) in [6.07, 6.45) is 4.96. The number of nitrogens with zero attached hydrogens (tertiary/aromatic N) is 4. The Morgan fingerprint density at radius 1 is 1.23 bits per heavy atom. The van der Waals surface area contributed by atoms with Gasteiger partial charge in [-0.1, -0.05) is 5.21 Å². The van der Waals surface area contributed by atoms with E-state index in [1.807, 2.05) is 11.1 Å². The summed E-state index contributed by atoms with van der Waals surface area (Å²) in [4.78, 5) is 13.8. The van der Waals surface area contributed by atoms with Crippen molar-refractivity contribution < 1.29 is 9.18 Å². The normalized spacial score (nSPS) is 18.3. The average Bonchev–Trinajstić information content (AvgIpc) is 3.13. The zero-order chi connectivity index (χ0) is 15.1. The number of aromatic nitrogens is 3. The van der Waals surface area contributed by atoms with Crippen molar-refractivity contribution in [2.45, 2.75) is 25.3 Å². The summed E-state index contributed by atoms with van der Waals surface area (Å²) in [5.41, 5.74) is 1.57. The van der Waals surface area contributed by atoms with Crippen molar-refractivity contribution in [1.29, 1.82) is 0 Å². The van der Waals surface area contributed by atoms with Crippen molar-refractivity contribution in [2.24, 2.45) is 5.92 Å². The molecule has 0 atom stereocenters. The fraction of sp³-hybridized carbons (Fsp3) is 0.438. The molecule has 1 saturated heterocycles. The van der Waals surface area contributed by atoms with Gasteiger partial charge in [-0.2, -0.15) is 0 Å². The summed E-state index contributed by atoms with van der Waals surface area (Å²) >= 11 is 0. The van der Waals surface area contributed by atoms with Crippen LogP contribution in [0, 0.1) is 11.7 Å². The maximum absolute atomic E-state index is 12.9. The van der Waals surface area contributed by atoms with Gasteiger partial charge in [0.2, 0.25) is 5.91 Å². The van der Waals surface area contributed by atoms with Crippen LogP contribution in [0.25, 0.3) is 11.3 Å². The minimum absolute atomic E-state index is 0.199. The number of hydrogen-bond donors (Lipinski definition) is 0. The van der Waals surface area contributed by atoms with Crippen LogP contribution in [0.15, 0.2) is 30.5 Å². The fourth-order valence-electron chi connectivity index (χ4n) is 2.73. The molecular weight excluding hydrogens is 283 g/mol. The highest BCUT2D eigenvalue weighted by Crippen LogP contribution is 2.34. The molecule has 4 rings (SSSR count). The Labute approximate surface area is 127 Å². The van der Waals surface area contributed by atoms with Gasteiger partial charge in [-0.15, -0.1) is 5.10 Å². The number of likely N-dealkylation sites (tertiary alicyclic amines) is 1. The SMILES string of the molecule is O=C(CC1CC1)N1CC(n2cc(-c3ccc(F)cc3)nn2)C1. The lowest BCUT2D eigenvalue weighted by Gasteiger charge is -2.39. The van der Waals surface area contributed by atoms with Crippen LogP contribution in [0.4, 0.5) is 4.39 Å². The molecule has 1 amide bonds. The van der Waals surface area contributed by atoms with Gasteiger partial charge in [-0.25, -0.2) is 9.07 Å². The molecule has 0 bridgehead atoms. The highest BCUT2D eigenvalue weighted by Gasteiger charge is 2.35. The standard InChI is InChI=1S/C16H17FN4O/c17-13-5-3-12(4-6-13)15-10-21(19-18-15)14-8-20(9-14)16(22)7-11-1-2-11/h3-6,10-11,14H,1-2,7-9H2. The summed E-state index contributed by atoms with van der Waals surface area (Å²) in [6, 6.07) is 6.41. The minimum Gasteiger partial charge on any atom is -0.338 e. The lowest BCUT2D eigenvalue weighted by Crippen LogP contribution is -2.51. The average molecular weight is 300 g/mol. The van der Waals surface area contributed by atoms with E-state index < -0.39 is 0 Å². The van der Waals surface area contributed by atoms with Crippen molar-refractivity contribution in [3.05, 3.63) is 36.3 Å². The Morgan fingerprint density at radius 3 is 2.64 bits per heavy atom. The molecule has 2 heterocycles. The lowest BCUT2D eigenvalue weighted by atomic mass is 10.1. The van der Waals surface area contributed by atoms with Gasteiger partial charge < -0.3 is 4.90 Å². The fourth-order valence-corrected chi connectivity index (χ4v) is 2.73. The van der Waals surface area contributed by atoms with Gasteiger partial charge in [0, 0.05) is 25.1 Å². The topological polar surface area (TPSA) is 51.0 Å². The van der Waals surface area contributed by atoms with Crippen LogP contribution >= 0.6 is 0 Å². The molecule has 0 radical (unpaired) electrons. The molecule has 6 heteroatoms. The molecule has 1 aromatic carbocycles. The van der Waals surface area contributed by atoms with E-state index in [-0.39, 0.29) is 17.8 Å². The molecule has 22 heavy (non-hydrogen) atoms. The summed E-state index contributed by atoms with van der Waals surface area (Å²) in [5.74, 6) is 0.626. The first-order chi connectivity index (χ1) is 10.7. The molecule has 1 aromatic heterocycles. The van der Waals surface area contributed by atoms with E-state index in [1.54, 1.807) is 16.8 Å². The highest BCUT2D eigenvalue weighted by atomic mass is 19.1. The Balaban J connectivity index is 1.38. The second-order valence-electron chi connectivity index (χ2n) is 6.19. The summed E-state index contributed by atoms with van der Waals surface area (Å²) in [5, 5.41) is 8.27. The number of rotatable bonds is 4. The lowest BCUT2D eigenvalue weighted by molar-refractivity contribution is -0.137. The molecule has 0 unspecified atom stereocenters. The quantitative estimate of drug-likeness (QED) is 0.870. The molecule has 5 nitrogen and oxygen atoms in total. The molecule has 0 N–H and O–H groups in total. The van der Waals surface area contributed by atoms with Crippen LogP contribution in [0.2, 0.25) is 0 Å². The summed E-state index contributed by atoms with van der Waals surface area (Å²) in [6.45, 7) is 1.41. The highest BCUT2D eigenvalue weighted by molar-refractivity contribution is 5.77. The second-order valence-corrected chi connectivity index (χ2v) is 6.19. The van der Waals surface area contributed by atoms with E-state index in [4.69, 9.17) is 0 Å². The number of benzene rings is 1. The molecular formula is C16H17FN4O. The predicted molar refractivity (Wildman–Crippen MR) is 78.4 cm³/mol. The van der Waals surface area contributed by atoms with E-state index in [0.717, 1.165) is 11.3 Å². The number of carbonyl (C=O) groups is 1. The molecule has 1 aliphatic carbocycles. The van der Waals surface area contributed by atoms with Crippen molar-refractivity contribution in [3.63, 3.8) is 0 Å². The van der Waals surface area contributed by atoms with Crippen molar-refractivity contribution in [2.75, 3.05) is 13.1 Å². The number of carbonyl (C=O) groups excluding carboxylic acids is 1. The van der Waals surface area contributed by atoms with Crippen molar-refractivity contribution >= 4 is 5.91 Å². The first-order valence-corrected chi connectivity index (χ1v) is 7.64. The van der Waals surface area contributed by atoms with Gasteiger partial charge >= 0.3 is 0 Å². The first-order valence-electron chi connectivity index (χ1n) is 7.64. The number of amides is 1. The Morgan fingerprint density at radius 2 is 1.95 bits per heavy atom. The largest absolute Gasteiger partial charge is 0.338 e. The molecule has 114 valence electrons. The third-order valence-electron chi connectivity index (χ3n) is 4.40. The van der Waals surface area contributed by atoms with Gasteiger partial charge in [-0.3, -0.25) is 4.79 Å². The molecule has 2 fully saturated rings. The van der Waals surface area contributed by atoms with Crippen molar-refractivity contribution in [1.82, 2.24) is 19.9 Å². The van der Waals surface area contributed by atoms with Gasteiger partial charge in [0.1, 0.15) is 11.5 Å². The molecule has 1 saturated carbocycles. The minimum atomic E-state index is -0.264. The monoisotopic (exact) mass is 300 g/mol. The van der Waals surface area contributed by atoms with E-state index in [0.29, 0.717) is 25.4 Å². The Hall–Kier alpha value is -2.24. The third kappa shape index (κ3) is 2.61. The van der Waals surface area contributed by atoms with E-state index >= 15 is 0 Å². The zero-order valence-electron chi connectivity index (χ0n) is 12.2. The van der Waals surface area contributed by atoms with Gasteiger partial charge in [0.15, 0.2) is 0 Å². The number of hydrogen-bond acceptors (Lipinski definition) is 3. The second kappa shape index (κ2) is 5.19. The molecule has 0 spiro atoms.